The topological polar surface area (TPSA) is 52.1 Å². The van der Waals surface area contributed by atoms with E-state index in [0.717, 1.165) is 70.8 Å². The van der Waals surface area contributed by atoms with Gasteiger partial charge in [-0.3, -0.25) is 9.89 Å². The molecular weight excluding hydrogens is 417 g/mol. The van der Waals surface area contributed by atoms with Crippen LogP contribution in [0.5, 0.6) is 0 Å². The predicted molar refractivity (Wildman–Crippen MR) is 114 cm³/mol. The summed E-state index contributed by atoms with van der Waals surface area (Å²) in [5, 5.41) is 6.75. The van der Waals surface area contributed by atoms with E-state index in [0.29, 0.717) is 0 Å². The van der Waals surface area contributed by atoms with Crippen LogP contribution in [0.15, 0.2) is 4.99 Å². The second-order valence-corrected chi connectivity index (χ2v) is 6.20. The maximum atomic E-state index is 5.09. The Morgan fingerprint density at radius 1 is 1.17 bits per heavy atom. The number of nitrogens with zero attached hydrogens (tertiary/aromatic N) is 3. The normalized spacial score (nSPS) is 14.8. The van der Waals surface area contributed by atoms with Crippen molar-refractivity contribution in [1.29, 1.82) is 0 Å². The number of hydrogen-bond acceptors (Lipinski definition) is 4. The van der Waals surface area contributed by atoms with Crippen LogP contribution < -0.4 is 10.6 Å². The van der Waals surface area contributed by atoms with E-state index in [1.807, 2.05) is 0 Å². The molecule has 0 spiro atoms. The molecule has 0 atom stereocenters. The van der Waals surface area contributed by atoms with E-state index < -0.39 is 0 Å². The lowest BCUT2D eigenvalue weighted by Crippen LogP contribution is -2.41. The molecule has 24 heavy (non-hydrogen) atoms. The van der Waals surface area contributed by atoms with Gasteiger partial charge in [0.25, 0.3) is 0 Å². The lowest BCUT2D eigenvalue weighted by molar-refractivity contribution is 0.180. The molecule has 1 aliphatic rings. The molecule has 0 radical (unpaired) electrons. The highest BCUT2D eigenvalue weighted by Crippen LogP contribution is 2.25. The monoisotopic (exact) mass is 455 g/mol. The maximum Gasteiger partial charge on any atom is 0.191 e. The second kappa shape index (κ2) is 15.2. The first kappa shape index (κ1) is 23.9. The zero-order valence-corrected chi connectivity index (χ0v) is 18.3. The van der Waals surface area contributed by atoms with Crippen LogP contribution in [0.4, 0.5) is 0 Å². The lowest BCUT2D eigenvalue weighted by atomic mass is 10.4. The molecule has 0 bridgehead atoms. The van der Waals surface area contributed by atoms with Crippen molar-refractivity contribution in [3.8, 4) is 0 Å². The summed E-state index contributed by atoms with van der Waals surface area (Å²) < 4.78 is 5.09. The van der Waals surface area contributed by atoms with Crippen molar-refractivity contribution in [3.05, 3.63) is 0 Å². The molecule has 0 amide bonds. The third-order valence-electron chi connectivity index (χ3n) is 4.15. The quantitative estimate of drug-likeness (QED) is 0.191. The first-order valence-corrected chi connectivity index (χ1v) is 9.14. The molecule has 1 rings (SSSR count). The standard InChI is InChI=1S/C17H37N5O.HI/c1-5-18-17(19-10-13-21(3)12-7-15-23-4)20-11-14-22(6-2)16-8-9-16;/h16H,5-15H2,1-4H3,(H2,18,19,20);1H. The Balaban J connectivity index is 0.00000529. The van der Waals surface area contributed by atoms with Gasteiger partial charge in [0.05, 0.1) is 6.54 Å². The number of halogens is 1. The van der Waals surface area contributed by atoms with Gasteiger partial charge in [-0.25, -0.2) is 0 Å². The fourth-order valence-corrected chi connectivity index (χ4v) is 2.63. The zero-order chi connectivity index (χ0) is 16.9. The molecule has 6 nitrogen and oxygen atoms in total. The Hall–Kier alpha value is -0.120. The molecule has 0 aliphatic heterocycles. The van der Waals surface area contributed by atoms with Crippen LogP contribution in [0.1, 0.15) is 33.1 Å². The van der Waals surface area contributed by atoms with E-state index in [1.165, 1.54) is 12.8 Å². The SMILES string of the molecule is CCNC(=NCCN(CC)C1CC1)NCCN(C)CCCOC.I. The van der Waals surface area contributed by atoms with Crippen LogP contribution in [0.3, 0.4) is 0 Å². The average Bonchev–Trinajstić information content (AvgIpc) is 3.36. The van der Waals surface area contributed by atoms with E-state index >= 15 is 0 Å². The van der Waals surface area contributed by atoms with Crippen LogP contribution in [-0.4, -0.2) is 88.4 Å². The molecule has 0 aromatic carbocycles. The molecule has 144 valence electrons. The fraction of sp³-hybridized carbons (Fsp3) is 0.941. The summed E-state index contributed by atoms with van der Waals surface area (Å²) in [5.74, 6) is 0.935. The minimum absolute atomic E-state index is 0. The number of rotatable bonds is 13. The Morgan fingerprint density at radius 2 is 1.92 bits per heavy atom. The van der Waals surface area contributed by atoms with Crippen LogP contribution in [0, 0.1) is 0 Å². The van der Waals surface area contributed by atoms with Gasteiger partial charge in [-0.1, -0.05) is 6.92 Å². The van der Waals surface area contributed by atoms with Gasteiger partial charge in [0.1, 0.15) is 0 Å². The van der Waals surface area contributed by atoms with Gasteiger partial charge < -0.3 is 20.3 Å². The van der Waals surface area contributed by atoms with Crippen molar-refractivity contribution < 1.29 is 4.74 Å². The van der Waals surface area contributed by atoms with Gasteiger partial charge in [0.15, 0.2) is 5.96 Å². The van der Waals surface area contributed by atoms with Gasteiger partial charge in [-0.2, -0.15) is 0 Å². The minimum Gasteiger partial charge on any atom is -0.385 e. The van der Waals surface area contributed by atoms with Gasteiger partial charge >= 0.3 is 0 Å². The van der Waals surface area contributed by atoms with Crippen molar-refractivity contribution in [3.63, 3.8) is 0 Å². The summed E-state index contributed by atoms with van der Waals surface area (Å²) >= 11 is 0. The summed E-state index contributed by atoms with van der Waals surface area (Å²) in [4.78, 5) is 9.56. The zero-order valence-electron chi connectivity index (χ0n) is 16.0. The van der Waals surface area contributed by atoms with Crippen LogP contribution in [0.25, 0.3) is 0 Å². The Morgan fingerprint density at radius 3 is 2.50 bits per heavy atom. The van der Waals surface area contributed by atoms with Gasteiger partial charge in [0.2, 0.25) is 0 Å². The first-order chi connectivity index (χ1) is 11.2. The summed E-state index contributed by atoms with van der Waals surface area (Å²) in [6.07, 6.45) is 3.81. The average molecular weight is 455 g/mol. The summed E-state index contributed by atoms with van der Waals surface area (Å²) in [6.45, 7) is 12.1. The van der Waals surface area contributed by atoms with Crippen LogP contribution >= 0.6 is 24.0 Å². The molecular formula is C17H38IN5O. The number of nitrogens with one attached hydrogen (secondary N) is 2. The van der Waals surface area contributed by atoms with Gasteiger partial charge in [-0.05, 0) is 39.8 Å². The van der Waals surface area contributed by atoms with Crippen molar-refractivity contribution in [1.82, 2.24) is 20.4 Å². The number of aliphatic imine (C=N–C) groups is 1. The molecule has 7 heteroatoms. The Labute approximate surface area is 165 Å². The lowest BCUT2D eigenvalue weighted by Gasteiger charge is -2.20. The van der Waals surface area contributed by atoms with Gasteiger partial charge in [-0.15, -0.1) is 24.0 Å². The van der Waals surface area contributed by atoms with Crippen molar-refractivity contribution in [2.45, 2.75) is 39.2 Å². The summed E-state index contributed by atoms with van der Waals surface area (Å²) in [5.41, 5.74) is 0. The first-order valence-electron chi connectivity index (χ1n) is 9.14. The van der Waals surface area contributed by atoms with E-state index in [2.05, 4.69) is 41.3 Å². The molecule has 0 heterocycles. The summed E-state index contributed by atoms with van der Waals surface area (Å²) in [7, 11) is 3.90. The third kappa shape index (κ3) is 11.4. The van der Waals surface area contributed by atoms with E-state index in [9.17, 15) is 0 Å². The van der Waals surface area contributed by atoms with Crippen molar-refractivity contribution in [2.75, 3.05) is 66.6 Å². The molecule has 0 aromatic heterocycles. The molecule has 2 N–H and O–H groups in total. The second-order valence-electron chi connectivity index (χ2n) is 6.20. The highest BCUT2D eigenvalue weighted by atomic mass is 127. The molecule has 1 fully saturated rings. The molecule has 1 saturated carbocycles. The smallest absolute Gasteiger partial charge is 0.191 e. The third-order valence-corrected chi connectivity index (χ3v) is 4.15. The van der Waals surface area contributed by atoms with E-state index in [-0.39, 0.29) is 24.0 Å². The summed E-state index contributed by atoms with van der Waals surface area (Å²) in [6, 6.07) is 0.825. The van der Waals surface area contributed by atoms with Crippen molar-refractivity contribution in [2.24, 2.45) is 4.99 Å². The highest BCUT2D eigenvalue weighted by molar-refractivity contribution is 14.0. The molecule has 0 saturated heterocycles. The minimum atomic E-state index is 0. The highest BCUT2D eigenvalue weighted by Gasteiger charge is 2.27. The molecule has 1 aliphatic carbocycles. The predicted octanol–water partition coefficient (Wildman–Crippen LogP) is 1.61. The number of likely N-dealkylation sites (N-methyl/N-ethyl adjacent to an activating group) is 2. The number of ether oxygens (including phenoxy) is 1. The van der Waals surface area contributed by atoms with Crippen LogP contribution in [0.2, 0.25) is 0 Å². The maximum absolute atomic E-state index is 5.09. The number of methoxy groups -OCH3 is 1. The number of hydrogen-bond donors (Lipinski definition) is 2. The Bertz CT molecular complexity index is 326. The molecule has 0 aromatic rings. The van der Waals surface area contributed by atoms with Crippen LogP contribution in [-0.2, 0) is 4.74 Å². The van der Waals surface area contributed by atoms with Gasteiger partial charge in [0, 0.05) is 52.5 Å². The fourth-order valence-electron chi connectivity index (χ4n) is 2.63. The van der Waals surface area contributed by atoms with E-state index in [1.54, 1.807) is 7.11 Å². The number of guanidine groups is 1. The van der Waals surface area contributed by atoms with E-state index in [4.69, 9.17) is 9.73 Å². The Kier molecular flexibility index (Phi) is 15.1. The van der Waals surface area contributed by atoms with Crippen molar-refractivity contribution >= 4 is 29.9 Å². The largest absolute Gasteiger partial charge is 0.385 e. The molecule has 0 unspecified atom stereocenters.